The number of benzene rings is 2. The summed E-state index contributed by atoms with van der Waals surface area (Å²) >= 11 is 15.2. The van der Waals surface area contributed by atoms with Crippen LogP contribution in [-0.4, -0.2) is 18.1 Å². The maximum atomic E-state index is 12.3. The topological polar surface area (TPSA) is 82.3 Å². The molecule has 2 aromatic carbocycles. The Labute approximate surface area is 162 Å². The Morgan fingerprint density at radius 2 is 2.00 bits per heavy atom. The zero-order chi connectivity index (χ0) is 18.6. The number of nitrogens with one attached hydrogen (secondary N) is 1. The minimum Gasteiger partial charge on any atom is -0.503 e. The Morgan fingerprint density at radius 3 is 2.56 bits per heavy atom. The number of carbonyl (C=O) groups is 1. The summed E-state index contributed by atoms with van der Waals surface area (Å²) in [4.78, 5) is 12.3. The highest BCUT2D eigenvalue weighted by Gasteiger charge is 2.15. The summed E-state index contributed by atoms with van der Waals surface area (Å²) < 4.78 is 5.41. The Bertz CT molecular complexity index is 887. The van der Waals surface area contributed by atoms with Crippen molar-refractivity contribution in [3.63, 3.8) is 0 Å². The smallest absolute Gasteiger partial charge is 0.266 e. The van der Waals surface area contributed by atoms with E-state index in [9.17, 15) is 15.2 Å². The molecule has 0 aliphatic carbocycles. The van der Waals surface area contributed by atoms with E-state index in [1.165, 1.54) is 19.3 Å². The molecule has 2 rings (SSSR count). The fraction of sp³-hybridized carbons (Fsp3) is 0.0588. The van der Waals surface area contributed by atoms with E-state index in [0.717, 1.165) is 0 Å². The second-order valence-electron chi connectivity index (χ2n) is 4.77. The number of hydrogen-bond acceptors (Lipinski definition) is 4. The van der Waals surface area contributed by atoms with Crippen molar-refractivity contribution in [3.8, 4) is 17.6 Å². The van der Waals surface area contributed by atoms with Crippen LogP contribution in [0.5, 0.6) is 11.5 Å². The number of para-hydroxylation sites is 1. The number of anilines is 1. The van der Waals surface area contributed by atoms with Gasteiger partial charge in [0.2, 0.25) is 0 Å². The number of nitriles is 1. The summed E-state index contributed by atoms with van der Waals surface area (Å²) in [5.41, 5.74) is 0.538. The zero-order valence-electron chi connectivity index (χ0n) is 12.8. The van der Waals surface area contributed by atoms with Gasteiger partial charge in [-0.15, -0.1) is 0 Å². The molecule has 0 aliphatic heterocycles. The van der Waals surface area contributed by atoms with Crippen LogP contribution in [-0.2, 0) is 4.79 Å². The Morgan fingerprint density at radius 1 is 1.36 bits per heavy atom. The molecular weight excluding hydrogens is 431 g/mol. The van der Waals surface area contributed by atoms with Crippen LogP contribution in [0.15, 0.2) is 40.4 Å². The minimum absolute atomic E-state index is 0.0783. The molecule has 0 atom stereocenters. The first-order valence-corrected chi connectivity index (χ1v) is 8.36. The number of phenolic OH excluding ortho intramolecular Hbond substituents is 1. The Hall–Kier alpha value is -2.20. The van der Waals surface area contributed by atoms with Crippen molar-refractivity contribution >= 4 is 56.8 Å². The number of carbonyl (C=O) groups excluding carboxylic acids is 1. The van der Waals surface area contributed by atoms with Crippen LogP contribution in [0, 0.1) is 11.3 Å². The van der Waals surface area contributed by atoms with Gasteiger partial charge in [0.15, 0.2) is 11.5 Å². The van der Waals surface area contributed by atoms with Gasteiger partial charge in [0.05, 0.1) is 27.3 Å². The highest BCUT2D eigenvalue weighted by molar-refractivity contribution is 9.10. The van der Waals surface area contributed by atoms with Crippen LogP contribution in [0.1, 0.15) is 5.56 Å². The van der Waals surface area contributed by atoms with Crippen molar-refractivity contribution in [2.24, 2.45) is 0 Å². The van der Waals surface area contributed by atoms with Gasteiger partial charge in [-0.05, 0) is 51.8 Å². The first-order valence-electron chi connectivity index (χ1n) is 6.81. The molecule has 8 heteroatoms. The SMILES string of the molecule is COc1cc(C=C(C#N)C(=O)Nc2c(Cl)cccc2Cl)cc(Br)c1O. The molecule has 2 aromatic rings. The predicted molar refractivity (Wildman–Crippen MR) is 101 cm³/mol. The van der Waals surface area contributed by atoms with E-state index in [0.29, 0.717) is 10.0 Å². The molecule has 0 saturated heterocycles. The number of ether oxygens (including phenoxy) is 1. The number of aromatic hydroxyl groups is 1. The van der Waals surface area contributed by atoms with Gasteiger partial charge in [0, 0.05) is 0 Å². The van der Waals surface area contributed by atoms with Crippen molar-refractivity contribution in [1.29, 1.82) is 5.26 Å². The second kappa shape index (κ2) is 8.26. The lowest BCUT2D eigenvalue weighted by Gasteiger charge is -2.09. The van der Waals surface area contributed by atoms with Gasteiger partial charge in [0.1, 0.15) is 11.6 Å². The molecule has 0 radical (unpaired) electrons. The quantitative estimate of drug-likeness (QED) is 0.515. The van der Waals surface area contributed by atoms with Gasteiger partial charge in [-0.25, -0.2) is 0 Å². The number of rotatable bonds is 4. The van der Waals surface area contributed by atoms with Crippen molar-refractivity contribution in [3.05, 3.63) is 56.0 Å². The number of methoxy groups -OCH3 is 1. The summed E-state index contributed by atoms with van der Waals surface area (Å²) in [5.74, 6) is -0.543. The van der Waals surface area contributed by atoms with E-state index < -0.39 is 5.91 Å². The predicted octanol–water partition coefficient (Wildman–Crippen LogP) is 5.02. The molecule has 0 bridgehead atoms. The molecule has 128 valence electrons. The van der Waals surface area contributed by atoms with Crippen LogP contribution in [0.4, 0.5) is 5.69 Å². The lowest BCUT2D eigenvalue weighted by molar-refractivity contribution is -0.112. The Balaban J connectivity index is 2.36. The van der Waals surface area contributed by atoms with Gasteiger partial charge in [-0.1, -0.05) is 29.3 Å². The molecule has 25 heavy (non-hydrogen) atoms. The molecule has 1 amide bonds. The standard InChI is InChI=1S/C17H11BrCl2N2O3/c1-25-14-7-9(6-11(18)16(14)23)5-10(8-21)17(24)22-15-12(19)3-2-4-13(15)20/h2-7,23H,1H3,(H,22,24). The van der Waals surface area contributed by atoms with E-state index >= 15 is 0 Å². The Kier molecular flexibility index (Phi) is 6.32. The fourth-order valence-electron chi connectivity index (χ4n) is 1.95. The maximum Gasteiger partial charge on any atom is 0.266 e. The zero-order valence-corrected chi connectivity index (χ0v) is 15.9. The van der Waals surface area contributed by atoms with Crippen LogP contribution < -0.4 is 10.1 Å². The molecule has 0 spiro atoms. The molecule has 0 heterocycles. The van der Waals surface area contributed by atoms with Crippen LogP contribution >= 0.6 is 39.1 Å². The molecule has 0 fully saturated rings. The summed E-state index contributed by atoms with van der Waals surface area (Å²) in [6.45, 7) is 0. The molecule has 0 saturated carbocycles. The average molecular weight is 442 g/mol. The minimum atomic E-state index is -0.666. The lowest BCUT2D eigenvalue weighted by Crippen LogP contribution is -2.14. The van der Waals surface area contributed by atoms with Crippen molar-refractivity contribution in [1.82, 2.24) is 0 Å². The largest absolute Gasteiger partial charge is 0.503 e. The highest BCUT2D eigenvalue weighted by Crippen LogP contribution is 2.36. The van der Waals surface area contributed by atoms with Crippen molar-refractivity contribution < 1.29 is 14.6 Å². The third-order valence-corrected chi connectivity index (χ3v) is 4.38. The van der Waals surface area contributed by atoms with Gasteiger partial charge >= 0.3 is 0 Å². The fourth-order valence-corrected chi connectivity index (χ4v) is 2.90. The summed E-state index contributed by atoms with van der Waals surface area (Å²) in [7, 11) is 1.40. The van der Waals surface area contributed by atoms with Crippen LogP contribution in [0.2, 0.25) is 10.0 Å². The molecule has 0 unspecified atom stereocenters. The van der Waals surface area contributed by atoms with E-state index in [1.54, 1.807) is 24.3 Å². The van der Waals surface area contributed by atoms with Crippen molar-refractivity contribution in [2.75, 3.05) is 12.4 Å². The summed E-state index contributed by atoms with van der Waals surface area (Å²) in [6, 6.07) is 9.65. The molecule has 0 aromatic heterocycles. The van der Waals surface area contributed by atoms with Gasteiger partial charge in [-0.2, -0.15) is 5.26 Å². The van der Waals surface area contributed by atoms with Crippen LogP contribution in [0.25, 0.3) is 6.08 Å². The highest BCUT2D eigenvalue weighted by atomic mass is 79.9. The number of hydrogen-bond donors (Lipinski definition) is 2. The first kappa shape index (κ1) is 19.1. The lowest BCUT2D eigenvalue weighted by atomic mass is 10.1. The van der Waals surface area contributed by atoms with Gasteiger partial charge in [-0.3, -0.25) is 4.79 Å². The number of halogens is 3. The average Bonchev–Trinajstić information content (AvgIpc) is 2.58. The number of amides is 1. The molecule has 2 N–H and O–H groups in total. The van der Waals surface area contributed by atoms with E-state index in [4.69, 9.17) is 27.9 Å². The third-order valence-electron chi connectivity index (χ3n) is 3.15. The molecular formula is C17H11BrCl2N2O3. The van der Waals surface area contributed by atoms with Crippen molar-refractivity contribution in [2.45, 2.75) is 0 Å². The summed E-state index contributed by atoms with van der Waals surface area (Å²) in [6.07, 6.45) is 1.35. The summed E-state index contributed by atoms with van der Waals surface area (Å²) in [5, 5.41) is 22.1. The maximum absolute atomic E-state index is 12.3. The first-order chi connectivity index (χ1) is 11.9. The third kappa shape index (κ3) is 4.45. The van der Waals surface area contributed by atoms with E-state index in [1.807, 2.05) is 6.07 Å². The number of phenols is 1. The molecule has 0 aliphatic rings. The molecule has 5 nitrogen and oxygen atoms in total. The van der Waals surface area contributed by atoms with E-state index in [2.05, 4.69) is 21.2 Å². The van der Waals surface area contributed by atoms with Gasteiger partial charge in [0.25, 0.3) is 5.91 Å². The second-order valence-corrected chi connectivity index (χ2v) is 6.44. The van der Waals surface area contributed by atoms with Gasteiger partial charge < -0.3 is 15.2 Å². The van der Waals surface area contributed by atoms with Crippen LogP contribution in [0.3, 0.4) is 0 Å². The van der Waals surface area contributed by atoms with E-state index in [-0.39, 0.29) is 32.8 Å². The normalized spacial score (nSPS) is 10.9. The number of nitrogens with zero attached hydrogens (tertiary/aromatic N) is 1. The monoisotopic (exact) mass is 440 g/mol.